The van der Waals surface area contributed by atoms with Gasteiger partial charge in [-0.25, -0.2) is 4.98 Å². The summed E-state index contributed by atoms with van der Waals surface area (Å²) in [5, 5.41) is 12.4. The lowest BCUT2D eigenvalue weighted by atomic mass is 9.96. The summed E-state index contributed by atoms with van der Waals surface area (Å²) in [5.74, 6) is 0.522. The van der Waals surface area contributed by atoms with E-state index in [0.29, 0.717) is 5.92 Å². The van der Waals surface area contributed by atoms with E-state index in [9.17, 15) is 5.11 Å². The molecule has 1 fully saturated rings. The predicted molar refractivity (Wildman–Crippen MR) is 65.6 cm³/mol. The molecule has 1 aromatic rings. The van der Waals surface area contributed by atoms with Crippen LogP contribution in [0.2, 0.25) is 0 Å². The molecule has 0 amide bonds. The van der Waals surface area contributed by atoms with Gasteiger partial charge in [0, 0.05) is 24.4 Å². The van der Waals surface area contributed by atoms with Crippen molar-refractivity contribution in [3.63, 3.8) is 0 Å². The second kappa shape index (κ2) is 5.23. The number of aliphatic hydroxyl groups is 1. The number of piperidine rings is 1. The number of likely N-dealkylation sites (N-methyl/N-ethyl adjacent to an activating group) is 1. The van der Waals surface area contributed by atoms with Crippen LogP contribution in [0.25, 0.3) is 0 Å². The molecule has 90 valence electrons. The zero-order chi connectivity index (χ0) is 11.5. The van der Waals surface area contributed by atoms with E-state index in [-0.39, 0.29) is 6.54 Å². The lowest BCUT2D eigenvalue weighted by Crippen LogP contribution is -2.31. The van der Waals surface area contributed by atoms with E-state index in [1.807, 2.05) is 0 Å². The molecule has 16 heavy (non-hydrogen) atoms. The summed E-state index contributed by atoms with van der Waals surface area (Å²) < 4.78 is 0. The van der Waals surface area contributed by atoms with Gasteiger partial charge in [0.2, 0.25) is 0 Å². The Morgan fingerprint density at radius 3 is 3.25 bits per heavy atom. The fourth-order valence-electron chi connectivity index (χ4n) is 2.15. The summed E-state index contributed by atoms with van der Waals surface area (Å²) in [5.41, 5.74) is 6.55. The van der Waals surface area contributed by atoms with E-state index in [0.717, 1.165) is 17.2 Å². The average Bonchev–Trinajstić information content (AvgIpc) is 2.77. The molecule has 2 unspecified atom stereocenters. The molecule has 1 aromatic heterocycles. The van der Waals surface area contributed by atoms with Crippen LogP contribution < -0.4 is 5.73 Å². The number of likely N-dealkylation sites (tertiary alicyclic amines) is 1. The van der Waals surface area contributed by atoms with E-state index >= 15 is 0 Å². The van der Waals surface area contributed by atoms with E-state index in [2.05, 4.69) is 22.3 Å². The van der Waals surface area contributed by atoms with E-state index in [1.165, 1.54) is 30.7 Å². The number of aliphatic hydroxyl groups excluding tert-OH is 1. The standard InChI is InChI=1S/C11H19N3OS/c1-14-4-2-3-8(6-14)9-7-16-11(13-9)10(15)5-12/h7-8,10,15H,2-6,12H2,1H3. The smallest absolute Gasteiger partial charge is 0.123 e. The minimum Gasteiger partial charge on any atom is -0.385 e. The van der Waals surface area contributed by atoms with E-state index < -0.39 is 6.10 Å². The molecule has 0 radical (unpaired) electrons. The molecule has 2 rings (SSSR count). The van der Waals surface area contributed by atoms with Gasteiger partial charge < -0.3 is 15.7 Å². The van der Waals surface area contributed by atoms with E-state index in [1.54, 1.807) is 0 Å². The number of nitrogens with zero attached hydrogens (tertiary/aromatic N) is 2. The lowest BCUT2D eigenvalue weighted by Gasteiger charge is -2.28. The molecule has 1 aliphatic rings. The Bertz CT molecular complexity index is 342. The van der Waals surface area contributed by atoms with Gasteiger partial charge in [0.1, 0.15) is 11.1 Å². The van der Waals surface area contributed by atoms with Crippen molar-refractivity contribution in [1.29, 1.82) is 0 Å². The molecular weight excluding hydrogens is 222 g/mol. The number of rotatable bonds is 3. The second-order valence-corrected chi connectivity index (χ2v) is 5.35. The molecule has 0 saturated carbocycles. The highest BCUT2D eigenvalue weighted by molar-refractivity contribution is 7.09. The molecule has 1 saturated heterocycles. The van der Waals surface area contributed by atoms with Gasteiger partial charge in [-0.05, 0) is 26.4 Å². The Kier molecular flexibility index (Phi) is 3.91. The van der Waals surface area contributed by atoms with Gasteiger partial charge in [-0.2, -0.15) is 0 Å². The quantitative estimate of drug-likeness (QED) is 0.827. The largest absolute Gasteiger partial charge is 0.385 e. The van der Waals surface area contributed by atoms with Crippen LogP contribution in [-0.2, 0) is 0 Å². The zero-order valence-electron chi connectivity index (χ0n) is 9.59. The number of hydrogen-bond acceptors (Lipinski definition) is 5. The van der Waals surface area contributed by atoms with Crippen molar-refractivity contribution in [2.75, 3.05) is 26.7 Å². The van der Waals surface area contributed by atoms with Crippen molar-refractivity contribution in [3.8, 4) is 0 Å². The van der Waals surface area contributed by atoms with Crippen LogP contribution in [0.15, 0.2) is 5.38 Å². The van der Waals surface area contributed by atoms with Crippen molar-refractivity contribution >= 4 is 11.3 Å². The SMILES string of the molecule is CN1CCCC(c2csc(C(O)CN)n2)C1. The molecule has 0 bridgehead atoms. The molecule has 0 aliphatic carbocycles. The number of hydrogen-bond donors (Lipinski definition) is 2. The third-order valence-corrected chi connectivity index (χ3v) is 4.05. The monoisotopic (exact) mass is 241 g/mol. The Labute approximate surface area is 100 Å². The first kappa shape index (κ1) is 12.0. The first-order valence-corrected chi connectivity index (χ1v) is 6.60. The minimum atomic E-state index is -0.597. The Morgan fingerprint density at radius 2 is 2.56 bits per heavy atom. The minimum absolute atomic E-state index is 0.248. The molecule has 2 heterocycles. The van der Waals surface area contributed by atoms with Crippen LogP contribution in [0, 0.1) is 0 Å². The van der Waals surface area contributed by atoms with Gasteiger partial charge in [-0.15, -0.1) is 11.3 Å². The van der Waals surface area contributed by atoms with Gasteiger partial charge in [-0.3, -0.25) is 0 Å². The van der Waals surface area contributed by atoms with Crippen LogP contribution in [0.1, 0.15) is 35.6 Å². The number of aromatic nitrogens is 1. The summed E-state index contributed by atoms with van der Waals surface area (Å²) >= 11 is 1.52. The average molecular weight is 241 g/mol. The molecular formula is C11H19N3OS. The van der Waals surface area contributed by atoms with Gasteiger partial charge >= 0.3 is 0 Å². The van der Waals surface area contributed by atoms with Crippen LogP contribution >= 0.6 is 11.3 Å². The van der Waals surface area contributed by atoms with Crippen LogP contribution in [-0.4, -0.2) is 41.7 Å². The Morgan fingerprint density at radius 1 is 1.75 bits per heavy atom. The lowest BCUT2D eigenvalue weighted by molar-refractivity contribution is 0.185. The second-order valence-electron chi connectivity index (χ2n) is 4.46. The Balaban J connectivity index is 2.06. The van der Waals surface area contributed by atoms with Gasteiger partial charge in [0.25, 0.3) is 0 Å². The highest BCUT2D eigenvalue weighted by atomic mass is 32.1. The van der Waals surface area contributed by atoms with Gasteiger partial charge in [0.15, 0.2) is 0 Å². The maximum absolute atomic E-state index is 9.61. The van der Waals surface area contributed by atoms with Crippen LogP contribution in [0.3, 0.4) is 0 Å². The third-order valence-electron chi connectivity index (χ3n) is 3.09. The van der Waals surface area contributed by atoms with E-state index in [4.69, 9.17) is 5.73 Å². The summed E-state index contributed by atoms with van der Waals surface area (Å²) in [4.78, 5) is 6.84. The third kappa shape index (κ3) is 2.60. The number of nitrogens with two attached hydrogens (primary N) is 1. The number of thiazole rings is 1. The van der Waals surface area contributed by atoms with Crippen LogP contribution in [0.5, 0.6) is 0 Å². The Hall–Kier alpha value is -0.490. The maximum atomic E-state index is 9.61. The predicted octanol–water partition coefficient (Wildman–Crippen LogP) is 0.944. The fraction of sp³-hybridized carbons (Fsp3) is 0.727. The molecule has 0 spiro atoms. The van der Waals surface area contributed by atoms with Crippen molar-refractivity contribution in [1.82, 2.24) is 9.88 Å². The van der Waals surface area contributed by atoms with Gasteiger partial charge in [-0.1, -0.05) is 0 Å². The summed E-state index contributed by atoms with van der Waals surface area (Å²) in [7, 11) is 2.15. The zero-order valence-corrected chi connectivity index (χ0v) is 10.4. The summed E-state index contributed by atoms with van der Waals surface area (Å²) in [6.45, 7) is 2.50. The summed E-state index contributed by atoms with van der Waals surface area (Å²) in [6, 6.07) is 0. The molecule has 5 heteroatoms. The van der Waals surface area contributed by atoms with Crippen molar-refractivity contribution < 1.29 is 5.11 Å². The molecule has 2 atom stereocenters. The first-order chi connectivity index (χ1) is 7.70. The maximum Gasteiger partial charge on any atom is 0.123 e. The van der Waals surface area contributed by atoms with Crippen molar-refractivity contribution in [2.24, 2.45) is 5.73 Å². The normalized spacial score (nSPS) is 24.6. The molecule has 3 N–H and O–H groups in total. The molecule has 4 nitrogen and oxygen atoms in total. The first-order valence-electron chi connectivity index (χ1n) is 5.72. The summed E-state index contributed by atoms with van der Waals surface area (Å²) in [6.07, 6.45) is 1.83. The highest BCUT2D eigenvalue weighted by Crippen LogP contribution is 2.28. The fourth-order valence-corrected chi connectivity index (χ4v) is 3.05. The molecule has 0 aromatic carbocycles. The van der Waals surface area contributed by atoms with Crippen molar-refractivity contribution in [2.45, 2.75) is 24.9 Å². The topological polar surface area (TPSA) is 62.4 Å². The highest BCUT2D eigenvalue weighted by Gasteiger charge is 2.22. The molecule has 1 aliphatic heterocycles. The van der Waals surface area contributed by atoms with Gasteiger partial charge in [0.05, 0.1) is 5.69 Å². The van der Waals surface area contributed by atoms with Crippen LogP contribution in [0.4, 0.5) is 0 Å². The van der Waals surface area contributed by atoms with Crippen molar-refractivity contribution in [3.05, 3.63) is 16.1 Å².